The van der Waals surface area contributed by atoms with E-state index in [-0.39, 0.29) is 11.4 Å². The van der Waals surface area contributed by atoms with Crippen molar-refractivity contribution >= 4 is 33.3 Å². The highest BCUT2D eigenvalue weighted by Crippen LogP contribution is 2.41. The summed E-state index contributed by atoms with van der Waals surface area (Å²) in [6, 6.07) is 3.53. The standard InChI is InChI=1S/C16H21BrN6O/c1-16(9-22-6-4-11(16)5-7-22)8-18-15(24)21-14-12-2-3-13(17)23(12)20-10-19-14/h2-3,10-11H,4-9H2,1H3,(H2,18,19,20,21,24)/t16-/m1/s1. The molecule has 0 radical (unpaired) electrons. The summed E-state index contributed by atoms with van der Waals surface area (Å²) in [5.74, 6) is 1.21. The Hall–Kier alpha value is -1.67. The number of carbonyl (C=O) groups excluding carboxylic acids is 1. The van der Waals surface area contributed by atoms with Gasteiger partial charge in [0.05, 0.1) is 0 Å². The smallest absolute Gasteiger partial charge is 0.320 e. The molecule has 7 nitrogen and oxygen atoms in total. The maximum atomic E-state index is 12.3. The number of halogens is 1. The van der Waals surface area contributed by atoms with Gasteiger partial charge in [0, 0.05) is 18.5 Å². The van der Waals surface area contributed by atoms with Gasteiger partial charge in [-0.05, 0) is 59.9 Å². The Kier molecular flexibility index (Phi) is 3.96. The first-order valence-corrected chi connectivity index (χ1v) is 9.10. The first-order chi connectivity index (χ1) is 11.5. The Morgan fingerprint density at radius 2 is 2.21 bits per heavy atom. The van der Waals surface area contributed by atoms with Crippen LogP contribution in [0.25, 0.3) is 5.52 Å². The van der Waals surface area contributed by atoms with E-state index in [4.69, 9.17) is 0 Å². The molecule has 0 saturated carbocycles. The fourth-order valence-electron chi connectivity index (χ4n) is 4.06. The molecular weight excluding hydrogens is 372 g/mol. The van der Waals surface area contributed by atoms with Crippen LogP contribution >= 0.6 is 15.9 Å². The van der Waals surface area contributed by atoms with Crippen LogP contribution in [0.3, 0.4) is 0 Å². The van der Waals surface area contributed by atoms with Gasteiger partial charge in [0.2, 0.25) is 0 Å². The molecule has 2 aromatic rings. The van der Waals surface area contributed by atoms with Crippen LogP contribution in [0.5, 0.6) is 0 Å². The molecule has 3 saturated heterocycles. The summed E-state index contributed by atoms with van der Waals surface area (Å²) in [5.41, 5.74) is 0.918. The van der Waals surface area contributed by atoms with Crippen molar-refractivity contribution in [3.8, 4) is 0 Å². The predicted octanol–water partition coefficient (Wildman–Crippen LogP) is 2.35. The zero-order valence-electron chi connectivity index (χ0n) is 13.6. The number of piperidine rings is 3. The van der Waals surface area contributed by atoms with Gasteiger partial charge in [0.25, 0.3) is 0 Å². The first-order valence-electron chi connectivity index (χ1n) is 8.31. The molecule has 5 heterocycles. The zero-order chi connectivity index (χ0) is 16.7. The molecule has 128 valence electrons. The monoisotopic (exact) mass is 392 g/mol. The first kappa shape index (κ1) is 15.8. The average molecular weight is 393 g/mol. The predicted molar refractivity (Wildman–Crippen MR) is 95.0 cm³/mol. The number of nitrogens with zero attached hydrogens (tertiary/aromatic N) is 4. The molecule has 0 spiro atoms. The van der Waals surface area contributed by atoms with Gasteiger partial charge in [-0.15, -0.1) is 0 Å². The molecular formula is C16H21BrN6O. The number of amides is 2. The SMILES string of the molecule is C[C@@]1(CNC(=O)Nc2ncnn3c(Br)ccc23)CN2CCC1CC2. The topological polar surface area (TPSA) is 74.6 Å². The van der Waals surface area contributed by atoms with E-state index in [1.165, 1.54) is 32.3 Å². The number of urea groups is 1. The summed E-state index contributed by atoms with van der Waals surface area (Å²) in [7, 11) is 0. The molecule has 0 aromatic carbocycles. The van der Waals surface area contributed by atoms with Crippen molar-refractivity contribution in [2.75, 3.05) is 31.5 Å². The summed E-state index contributed by atoms with van der Waals surface area (Å²) in [6.07, 6.45) is 3.91. The number of aromatic nitrogens is 3. The van der Waals surface area contributed by atoms with Crippen molar-refractivity contribution in [1.82, 2.24) is 24.8 Å². The number of rotatable bonds is 3. The number of nitrogens with one attached hydrogen (secondary N) is 2. The highest BCUT2D eigenvalue weighted by Gasteiger charge is 2.43. The molecule has 0 unspecified atom stereocenters. The summed E-state index contributed by atoms with van der Waals surface area (Å²) in [6.45, 7) is 6.45. The third kappa shape index (κ3) is 2.77. The van der Waals surface area contributed by atoms with Crippen LogP contribution < -0.4 is 10.6 Å². The van der Waals surface area contributed by atoms with E-state index in [2.05, 4.69) is 48.5 Å². The van der Waals surface area contributed by atoms with Crippen LogP contribution in [-0.4, -0.2) is 51.7 Å². The summed E-state index contributed by atoms with van der Waals surface area (Å²) < 4.78 is 2.51. The van der Waals surface area contributed by atoms with E-state index in [1.807, 2.05) is 12.1 Å². The lowest BCUT2D eigenvalue weighted by molar-refractivity contribution is -0.0140. The Balaban J connectivity index is 1.41. The van der Waals surface area contributed by atoms with Crippen molar-refractivity contribution in [2.24, 2.45) is 11.3 Å². The molecule has 3 aliphatic rings. The molecule has 2 aromatic heterocycles. The number of hydrogen-bond donors (Lipinski definition) is 2. The Bertz CT molecular complexity index is 769. The fourth-order valence-corrected chi connectivity index (χ4v) is 4.48. The largest absolute Gasteiger partial charge is 0.337 e. The quantitative estimate of drug-likeness (QED) is 0.840. The Morgan fingerprint density at radius 1 is 1.42 bits per heavy atom. The van der Waals surface area contributed by atoms with Crippen LogP contribution in [0.2, 0.25) is 0 Å². The van der Waals surface area contributed by atoms with Gasteiger partial charge in [-0.2, -0.15) is 5.10 Å². The van der Waals surface area contributed by atoms with Crippen molar-refractivity contribution in [1.29, 1.82) is 0 Å². The van der Waals surface area contributed by atoms with Gasteiger partial charge in [0.1, 0.15) is 16.4 Å². The van der Waals surface area contributed by atoms with Crippen LogP contribution in [0.15, 0.2) is 23.1 Å². The van der Waals surface area contributed by atoms with Gasteiger partial charge in [-0.3, -0.25) is 5.32 Å². The minimum Gasteiger partial charge on any atom is -0.337 e. The van der Waals surface area contributed by atoms with E-state index in [1.54, 1.807) is 4.52 Å². The Morgan fingerprint density at radius 3 is 2.92 bits per heavy atom. The number of carbonyl (C=O) groups is 1. The molecule has 3 fully saturated rings. The molecule has 2 N–H and O–H groups in total. The second kappa shape index (κ2) is 6.00. The third-order valence-corrected chi connectivity index (χ3v) is 6.05. The minimum absolute atomic E-state index is 0.160. The van der Waals surface area contributed by atoms with Gasteiger partial charge >= 0.3 is 6.03 Å². The number of fused-ring (bicyclic) bond motifs is 4. The normalized spacial score (nSPS) is 28.9. The lowest BCUT2D eigenvalue weighted by Gasteiger charge is -2.51. The fraction of sp³-hybridized carbons (Fsp3) is 0.562. The highest BCUT2D eigenvalue weighted by molar-refractivity contribution is 9.10. The third-order valence-electron chi connectivity index (χ3n) is 5.45. The van der Waals surface area contributed by atoms with Crippen LogP contribution in [0, 0.1) is 11.3 Å². The summed E-state index contributed by atoms with van der Waals surface area (Å²) >= 11 is 3.42. The van der Waals surface area contributed by atoms with E-state index in [9.17, 15) is 4.79 Å². The molecule has 0 aliphatic carbocycles. The molecule has 3 aliphatic heterocycles. The molecule has 2 bridgehead atoms. The zero-order valence-corrected chi connectivity index (χ0v) is 15.2. The van der Waals surface area contributed by atoms with E-state index in [0.717, 1.165) is 16.7 Å². The van der Waals surface area contributed by atoms with Crippen LogP contribution in [0.4, 0.5) is 10.6 Å². The van der Waals surface area contributed by atoms with Gasteiger partial charge in [-0.25, -0.2) is 14.3 Å². The van der Waals surface area contributed by atoms with Gasteiger partial charge in [0.15, 0.2) is 5.82 Å². The summed E-state index contributed by atoms with van der Waals surface area (Å²) in [5, 5.41) is 10.0. The lowest BCUT2D eigenvalue weighted by Crippen LogP contribution is -2.57. The molecule has 24 heavy (non-hydrogen) atoms. The van der Waals surface area contributed by atoms with Crippen molar-refractivity contribution in [3.63, 3.8) is 0 Å². The van der Waals surface area contributed by atoms with Gasteiger partial charge < -0.3 is 10.2 Å². The van der Waals surface area contributed by atoms with Crippen molar-refractivity contribution < 1.29 is 4.79 Å². The molecule has 8 heteroatoms. The second-order valence-electron chi connectivity index (χ2n) is 7.07. The maximum Gasteiger partial charge on any atom is 0.320 e. The minimum atomic E-state index is -0.217. The van der Waals surface area contributed by atoms with Crippen LogP contribution in [0.1, 0.15) is 19.8 Å². The van der Waals surface area contributed by atoms with E-state index in [0.29, 0.717) is 18.3 Å². The lowest BCUT2D eigenvalue weighted by atomic mass is 9.68. The van der Waals surface area contributed by atoms with E-state index >= 15 is 0 Å². The van der Waals surface area contributed by atoms with Crippen molar-refractivity contribution in [2.45, 2.75) is 19.8 Å². The average Bonchev–Trinajstić information content (AvgIpc) is 2.97. The number of anilines is 1. The number of hydrogen-bond acceptors (Lipinski definition) is 4. The van der Waals surface area contributed by atoms with Gasteiger partial charge in [-0.1, -0.05) is 6.92 Å². The molecule has 5 rings (SSSR count). The molecule has 2 amide bonds. The Labute approximate surface area is 148 Å². The van der Waals surface area contributed by atoms with Crippen molar-refractivity contribution in [3.05, 3.63) is 23.1 Å². The van der Waals surface area contributed by atoms with E-state index < -0.39 is 0 Å². The summed E-state index contributed by atoms with van der Waals surface area (Å²) in [4.78, 5) is 19.0. The highest BCUT2D eigenvalue weighted by atomic mass is 79.9. The molecule has 1 atom stereocenters. The maximum absolute atomic E-state index is 12.3. The second-order valence-corrected chi connectivity index (χ2v) is 7.89. The van der Waals surface area contributed by atoms with Crippen LogP contribution in [-0.2, 0) is 0 Å².